The molecular weight excluding hydrogens is 366 g/mol. The van der Waals surface area contributed by atoms with Crippen LogP contribution in [-0.4, -0.2) is 11.9 Å². The Morgan fingerprint density at radius 1 is 1.15 bits per heavy atom. The van der Waals surface area contributed by atoms with Gasteiger partial charge >= 0.3 is 0 Å². The van der Waals surface area contributed by atoms with E-state index >= 15 is 0 Å². The molecule has 2 atom stereocenters. The van der Waals surface area contributed by atoms with Crippen molar-refractivity contribution >= 4 is 5.91 Å². The lowest BCUT2D eigenvalue weighted by molar-refractivity contribution is 0.0877. The molecule has 2 aromatic rings. The monoisotopic (exact) mass is 385 g/mol. The number of benzene rings is 1. The molecule has 1 amide bonds. The van der Waals surface area contributed by atoms with E-state index in [0.29, 0.717) is 5.92 Å². The maximum atomic E-state index is 13.6. The standard InChI is InChI=1S/C19H19F4NO3/c1-10-4-2-3-5-14(10)24-19(25)15-7-6-11(27-15)9-26-18-16(22)12(20)8-13(21)17(18)23/h6-8,10,14H,2-5,9H2,1H3,(H,24,25)/t10-,14+/m0/s1. The maximum Gasteiger partial charge on any atom is 0.287 e. The summed E-state index contributed by atoms with van der Waals surface area (Å²) in [6.07, 6.45) is 4.13. The van der Waals surface area contributed by atoms with Gasteiger partial charge in [-0.2, -0.15) is 8.78 Å². The minimum atomic E-state index is -1.63. The molecular formula is C19H19F4NO3. The van der Waals surface area contributed by atoms with Gasteiger partial charge in [-0.05, 0) is 30.9 Å². The first-order valence-electron chi connectivity index (χ1n) is 8.72. The van der Waals surface area contributed by atoms with Crippen molar-refractivity contribution in [1.29, 1.82) is 0 Å². The molecule has 8 heteroatoms. The van der Waals surface area contributed by atoms with Crippen LogP contribution in [0.2, 0.25) is 0 Å². The van der Waals surface area contributed by atoms with Crippen LogP contribution in [0.3, 0.4) is 0 Å². The van der Waals surface area contributed by atoms with E-state index in [2.05, 4.69) is 12.2 Å². The third-order valence-electron chi connectivity index (χ3n) is 4.74. The van der Waals surface area contributed by atoms with Crippen LogP contribution in [0.15, 0.2) is 22.6 Å². The molecule has 4 nitrogen and oxygen atoms in total. The lowest BCUT2D eigenvalue weighted by Gasteiger charge is -2.29. The average Bonchev–Trinajstić information content (AvgIpc) is 3.11. The Kier molecular flexibility index (Phi) is 5.72. The molecule has 27 heavy (non-hydrogen) atoms. The van der Waals surface area contributed by atoms with Gasteiger partial charge in [-0.1, -0.05) is 19.8 Å². The summed E-state index contributed by atoms with van der Waals surface area (Å²) in [6, 6.07) is 2.96. The predicted molar refractivity (Wildman–Crippen MR) is 88.2 cm³/mol. The third kappa shape index (κ3) is 4.26. The van der Waals surface area contributed by atoms with Crippen LogP contribution >= 0.6 is 0 Å². The summed E-state index contributed by atoms with van der Waals surface area (Å²) in [4.78, 5) is 12.3. The van der Waals surface area contributed by atoms with Crippen LogP contribution in [0, 0.1) is 29.2 Å². The van der Waals surface area contributed by atoms with Crippen LogP contribution in [0.1, 0.15) is 48.9 Å². The second kappa shape index (κ2) is 8.02. The zero-order chi connectivity index (χ0) is 19.6. The number of hydrogen-bond acceptors (Lipinski definition) is 3. The van der Waals surface area contributed by atoms with E-state index in [1.165, 1.54) is 12.1 Å². The molecule has 0 aliphatic heterocycles. The van der Waals surface area contributed by atoms with Crippen molar-refractivity contribution in [3.63, 3.8) is 0 Å². The summed E-state index contributed by atoms with van der Waals surface area (Å²) < 4.78 is 63.6. The number of furan rings is 1. The molecule has 1 fully saturated rings. The molecule has 0 spiro atoms. The van der Waals surface area contributed by atoms with Crippen LogP contribution in [0.4, 0.5) is 17.6 Å². The summed E-state index contributed by atoms with van der Waals surface area (Å²) in [6.45, 7) is 1.58. The Balaban J connectivity index is 1.64. The molecule has 1 saturated carbocycles. The predicted octanol–water partition coefficient (Wildman–Crippen LogP) is 4.72. The number of nitrogens with one attached hydrogen (secondary N) is 1. The third-order valence-corrected chi connectivity index (χ3v) is 4.74. The largest absolute Gasteiger partial charge is 0.479 e. The Morgan fingerprint density at radius 2 is 1.81 bits per heavy atom. The van der Waals surface area contributed by atoms with Crippen LogP contribution in [-0.2, 0) is 6.61 Å². The van der Waals surface area contributed by atoms with E-state index in [9.17, 15) is 22.4 Å². The number of hydrogen-bond donors (Lipinski definition) is 1. The molecule has 1 aliphatic rings. The fourth-order valence-electron chi connectivity index (χ4n) is 3.17. The summed E-state index contributed by atoms with van der Waals surface area (Å²) in [5.41, 5.74) is 0. The van der Waals surface area contributed by atoms with Gasteiger partial charge in [0, 0.05) is 12.1 Å². The van der Waals surface area contributed by atoms with Gasteiger partial charge in [0.05, 0.1) is 0 Å². The SMILES string of the molecule is C[C@H]1CCCC[C@H]1NC(=O)c1ccc(COc2c(F)c(F)cc(F)c2F)o1. The molecule has 1 aromatic carbocycles. The average molecular weight is 385 g/mol. The highest BCUT2D eigenvalue weighted by Crippen LogP contribution is 2.28. The van der Waals surface area contributed by atoms with Gasteiger partial charge in [0.1, 0.15) is 12.4 Å². The molecule has 1 aromatic heterocycles. The Bertz CT molecular complexity index is 810. The summed E-state index contributed by atoms with van der Waals surface area (Å²) in [5.74, 6) is -7.49. The Morgan fingerprint density at radius 3 is 2.48 bits per heavy atom. The van der Waals surface area contributed by atoms with Gasteiger partial charge in [0.15, 0.2) is 23.1 Å². The Hall–Kier alpha value is -2.51. The zero-order valence-corrected chi connectivity index (χ0v) is 14.7. The molecule has 0 unspecified atom stereocenters. The van der Waals surface area contributed by atoms with E-state index in [1.807, 2.05) is 0 Å². The van der Waals surface area contributed by atoms with Crippen molar-refractivity contribution in [1.82, 2.24) is 5.32 Å². The fourth-order valence-corrected chi connectivity index (χ4v) is 3.17. The van der Waals surface area contributed by atoms with Crippen molar-refractivity contribution in [2.24, 2.45) is 5.92 Å². The molecule has 1 N–H and O–H groups in total. The zero-order valence-electron chi connectivity index (χ0n) is 14.7. The molecule has 1 heterocycles. The molecule has 146 valence electrons. The molecule has 0 radical (unpaired) electrons. The smallest absolute Gasteiger partial charge is 0.287 e. The normalized spacial score (nSPS) is 19.7. The van der Waals surface area contributed by atoms with Crippen LogP contribution in [0.25, 0.3) is 0 Å². The number of carbonyl (C=O) groups is 1. The van der Waals surface area contributed by atoms with Gasteiger partial charge in [-0.3, -0.25) is 4.79 Å². The number of amides is 1. The molecule has 1 aliphatic carbocycles. The first-order chi connectivity index (χ1) is 12.9. The number of ether oxygens (including phenoxy) is 1. The first kappa shape index (κ1) is 19.3. The van der Waals surface area contributed by atoms with Gasteiger partial charge in [0.2, 0.25) is 11.6 Å². The minimum Gasteiger partial charge on any atom is -0.479 e. The van der Waals surface area contributed by atoms with Crippen LogP contribution < -0.4 is 10.1 Å². The summed E-state index contributed by atoms with van der Waals surface area (Å²) in [5, 5.41) is 2.91. The second-order valence-electron chi connectivity index (χ2n) is 6.69. The van der Waals surface area contributed by atoms with Crippen molar-refractivity contribution < 1.29 is 31.5 Å². The van der Waals surface area contributed by atoms with E-state index in [4.69, 9.17) is 9.15 Å². The van der Waals surface area contributed by atoms with Crippen LogP contribution in [0.5, 0.6) is 5.75 Å². The molecule has 0 bridgehead atoms. The molecule has 3 rings (SSSR count). The van der Waals surface area contributed by atoms with E-state index < -0.39 is 41.5 Å². The van der Waals surface area contributed by atoms with Crippen molar-refractivity contribution in [3.05, 3.63) is 53.0 Å². The van der Waals surface area contributed by atoms with Crippen molar-refractivity contribution in [2.75, 3.05) is 0 Å². The highest BCUT2D eigenvalue weighted by Gasteiger charge is 2.25. The van der Waals surface area contributed by atoms with E-state index in [-0.39, 0.29) is 23.6 Å². The number of carbonyl (C=O) groups excluding carboxylic acids is 1. The van der Waals surface area contributed by atoms with Gasteiger partial charge < -0.3 is 14.5 Å². The van der Waals surface area contributed by atoms with Crippen molar-refractivity contribution in [2.45, 2.75) is 45.3 Å². The lowest BCUT2D eigenvalue weighted by Crippen LogP contribution is -2.40. The van der Waals surface area contributed by atoms with E-state index in [1.54, 1.807) is 0 Å². The first-order valence-corrected chi connectivity index (χ1v) is 8.72. The fraction of sp³-hybridized carbons (Fsp3) is 0.421. The number of halogens is 4. The molecule has 0 saturated heterocycles. The van der Waals surface area contributed by atoms with Gasteiger partial charge in [0.25, 0.3) is 5.91 Å². The maximum absolute atomic E-state index is 13.6. The second-order valence-corrected chi connectivity index (χ2v) is 6.69. The number of rotatable bonds is 5. The summed E-state index contributed by atoms with van der Waals surface area (Å²) in [7, 11) is 0. The summed E-state index contributed by atoms with van der Waals surface area (Å²) >= 11 is 0. The quantitative estimate of drug-likeness (QED) is 0.598. The van der Waals surface area contributed by atoms with E-state index in [0.717, 1.165) is 25.7 Å². The van der Waals surface area contributed by atoms with Gasteiger partial charge in [-0.15, -0.1) is 0 Å². The minimum absolute atomic E-state index is 0.0257. The lowest BCUT2D eigenvalue weighted by atomic mass is 9.86. The topological polar surface area (TPSA) is 51.5 Å². The highest BCUT2D eigenvalue weighted by molar-refractivity contribution is 5.91. The van der Waals surface area contributed by atoms with Crippen molar-refractivity contribution in [3.8, 4) is 5.75 Å². The highest BCUT2D eigenvalue weighted by atomic mass is 19.2. The van der Waals surface area contributed by atoms with Gasteiger partial charge in [-0.25, -0.2) is 8.78 Å². The Labute approximate surface area is 153 Å².